The van der Waals surface area contributed by atoms with Crippen molar-refractivity contribution >= 4 is 11.6 Å². The van der Waals surface area contributed by atoms with E-state index in [0.717, 1.165) is 55.3 Å². The topological polar surface area (TPSA) is 51.9 Å². The Hall–Kier alpha value is -2.73. The fourth-order valence-corrected chi connectivity index (χ4v) is 7.43. The minimum atomic E-state index is 0.218. The van der Waals surface area contributed by atoms with Crippen LogP contribution < -0.4 is 0 Å². The van der Waals surface area contributed by atoms with Gasteiger partial charge in [0, 0.05) is 60.7 Å². The molecule has 1 saturated carbocycles. The van der Waals surface area contributed by atoms with E-state index in [9.17, 15) is 10.2 Å². The Morgan fingerprint density at radius 1 is 0.757 bits per heavy atom. The van der Waals surface area contributed by atoms with Gasteiger partial charge in [-0.05, 0) is 54.5 Å². The number of piperazine rings is 1. The van der Waals surface area contributed by atoms with Crippen LogP contribution in [0.15, 0.2) is 66.7 Å². The Bertz CT molecular complexity index is 1270. The van der Waals surface area contributed by atoms with Crippen LogP contribution in [-0.2, 0) is 6.54 Å². The summed E-state index contributed by atoms with van der Waals surface area (Å²) in [6, 6.07) is 19.2. The second-order valence-electron chi connectivity index (χ2n) is 11.2. The molecule has 2 fully saturated rings. The van der Waals surface area contributed by atoms with E-state index in [4.69, 9.17) is 11.6 Å². The van der Waals surface area contributed by atoms with Gasteiger partial charge in [-0.1, -0.05) is 66.2 Å². The van der Waals surface area contributed by atoms with E-state index < -0.39 is 0 Å². The Morgan fingerprint density at radius 2 is 1.35 bits per heavy atom. The number of hydrogen-bond acceptors (Lipinski definition) is 4. The number of rotatable bonds is 7. The lowest BCUT2D eigenvalue weighted by atomic mass is 9.73. The summed E-state index contributed by atoms with van der Waals surface area (Å²) in [5.74, 6) is 2.54. The van der Waals surface area contributed by atoms with Crippen LogP contribution in [0.5, 0.6) is 11.8 Å². The molecule has 37 heavy (non-hydrogen) atoms. The number of aromatic hydroxyl groups is 2. The average Bonchev–Trinajstić information content (AvgIpc) is 3.72. The van der Waals surface area contributed by atoms with E-state index in [1.54, 1.807) is 4.57 Å². The molecular formula is C31H34ClN3O2. The third-order valence-electron chi connectivity index (χ3n) is 9.22. The molecule has 2 N–H and O–H groups in total. The molecule has 0 radical (unpaired) electrons. The molecule has 2 bridgehead atoms. The van der Waals surface area contributed by atoms with Crippen molar-refractivity contribution in [3.63, 3.8) is 0 Å². The lowest BCUT2D eigenvalue weighted by Crippen LogP contribution is -2.48. The maximum atomic E-state index is 11.0. The van der Waals surface area contributed by atoms with E-state index in [0.29, 0.717) is 42.0 Å². The molecule has 4 aliphatic carbocycles. The molecule has 1 saturated heterocycles. The van der Waals surface area contributed by atoms with Gasteiger partial charge in [0.15, 0.2) is 11.8 Å². The largest absolute Gasteiger partial charge is 0.494 e. The molecule has 2 aromatic carbocycles. The number of nitrogens with zero attached hydrogens (tertiary/aromatic N) is 3. The van der Waals surface area contributed by atoms with E-state index in [1.807, 2.05) is 12.1 Å². The molecular weight excluding hydrogens is 482 g/mol. The van der Waals surface area contributed by atoms with Crippen LogP contribution in [0.25, 0.3) is 0 Å². The van der Waals surface area contributed by atoms with E-state index in [-0.39, 0.29) is 6.04 Å². The third kappa shape index (κ3) is 3.99. The highest BCUT2D eigenvalue weighted by molar-refractivity contribution is 6.30. The molecule has 5 nitrogen and oxygen atoms in total. The number of aromatic nitrogens is 1. The molecule has 6 heteroatoms. The van der Waals surface area contributed by atoms with Crippen LogP contribution >= 0.6 is 11.6 Å². The fourth-order valence-electron chi connectivity index (χ4n) is 7.30. The van der Waals surface area contributed by atoms with Gasteiger partial charge in [0.25, 0.3) is 0 Å². The van der Waals surface area contributed by atoms with Gasteiger partial charge in [-0.2, -0.15) is 0 Å². The first-order chi connectivity index (χ1) is 18.1. The normalized spacial score (nSPS) is 27.2. The van der Waals surface area contributed by atoms with Crippen molar-refractivity contribution in [2.45, 2.75) is 37.3 Å². The number of hydrogen-bond donors (Lipinski definition) is 2. The second kappa shape index (κ2) is 9.23. The van der Waals surface area contributed by atoms with Gasteiger partial charge < -0.3 is 15.1 Å². The molecule has 5 atom stereocenters. The highest BCUT2D eigenvalue weighted by Crippen LogP contribution is 2.67. The quantitative estimate of drug-likeness (QED) is 0.394. The summed E-state index contributed by atoms with van der Waals surface area (Å²) >= 11 is 6.18. The van der Waals surface area contributed by atoms with Crippen LogP contribution in [0.4, 0.5) is 0 Å². The zero-order chi connectivity index (χ0) is 25.1. The Kier molecular flexibility index (Phi) is 5.83. The fraction of sp³-hybridized carbons (Fsp3) is 0.419. The van der Waals surface area contributed by atoms with Crippen LogP contribution in [0.1, 0.15) is 53.0 Å². The van der Waals surface area contributed by atoms with E-state index in [2.05, 4.69) is 64.4 Å². The molecule has 192 valence electrons. The molecule has 8 rings (SSSR count). The van der Waals surface area contributed by atoms with Crippen molar-refractivity contribution in [3.05, 3.63) is 94.0 Å². The van der Waals surface area contributed by atoms with Crippen LogP contribution in [0.3, 0.4) is 0 Å². The smallest absolute Gasteiger partial charge is 0.198 e. The lowest BCUT2D eigenvalue weighted by molar-refractivity contribution is 0.107. The maximum absolute atomic E-state index is 11.0. The number of benzene rings is 2. The summed E-state index contributed by atoms with van der Waals surface area (Å²) in [5, 5.41) is 22.8. The summed E-state index contributed by atoms with van der Waals surface area (Å²) in [5.41, 5.74) is 4.59. The predicted molar refractivity (Wildman–Crippen MR) is 146 cm³/mol. The predicted octanol–water partition coefficient (Wildman–Crippen LogP) is 5.74. The van der Waals surface area contributed by atoms with Crippen LogP contribution in [0, 0.1) is 11.8 Å². The van der Waals surface area contributed by atoms with Crippen LogP contribution in [0.2, 0.25) is 5.02 Å². The highest BCUT2D eigenvalue weighted by atomic mass is 35.5. The van der Waals surface area contributed by atoms with Gasteiger partial charge in [0.2, 0.25) is 0 Å². The van der Waals surface area contributed by atoms with Crippen molar-refractivity contribution < 1.29 is 10.2 Å². The minimum absolute atomic E-state index is 0.218. The molecule has 3 aromatic rings. The Morgan fingerprint density at radius 3 is 1.97 bits per heavy atom. The number of allylic oxidation sites excluding steroid dienone is 2. The lowest BCUT2D eigenvalue weighted by Gasteiger charge is -2.40. The SMILES string of the molecule is Oc1c2c(c(O)n1CCCN1CCN(C(c3ccccc3)c3ccc(Cl)cc3)CC1)C1C=CC2C2CC12. The second-order valence-corrected chi connectivity index (χ2v) is 11.7. The van der Waals surface area contributed by atoms with Gasteiger partial charge in [0.05, 0.1) is 6.04 Å². The Labute approximate surface area is 223 Å². The molecule has 5 unspecified atom stereocenters. The number of halogens is 1. The summed E-state index contributed by atoms with van der Waals surface area (Å²) < 4.78 is 1.77. The molecule has 1 aromatic heterocycles. The summed E-state index contributed by atoms with van der Waals surface area (Å²) in [6.45, 7) is 5.62. The third-order valence-corrected chi connectivity index (χ3v) is 9.47. The van der Waals surface area contributed by atoms with E-state index >= 15 is 0 Å². The van der Waals surface area contributed by atoms with Crippen molar-refractivity contribution in [1.29, 1.82) is 0 Å². The molecule has 1 aliphatic heterocycles. The molecule has 0 amide bonds. The zero-order valence-corrected chi connectivity index (χ0v) is 21.8. The van der Waals surface area contributed by atoms with Crippen LogP contribution in [-0.4, -0.2) is 57.3 Å². The summed E-state index contributed by atoms with van der Waals surface area (Å²) in [4.78, 5) is 5.08. The summed E-state index contributed by atoms with van der Waals surface area (Å²) in [7, 11) is 0. The zero-order valence-electron chi connectivity index (χ0n) is 21.0. The standard InChI is InChI=1S/C31H34ClN3O2/c32-22-9-7-21(8-10-22)29(20-5-2-1-3-6-20)34-17-15-33(16-18-34)13-4-14-35-30(36)27-23-11-12-24(26-19-25(23)26)28(27)31(35)37/h1-3,5-12,23-26,29,36-37H,4,13-19H2. The minimum Gasteiger partial charge on any atom is -0.494 e. The average molecular weight is 516 g/mol. The van der Waals surface area contributed by atoms with Gasteiger partial charge in [-0.15, -0.1) is 0 Å². The van der Waals surface area contributed by atoms with Crippen molar-refractivity contribution in [2.75, 3.05) is 32.7 Å². The molecule has 2 heterocycles. The monoisotopic (exact) mass is 515 g/mol. The summed E-state index contributed by atoms with van der Waals surface area (Å²) in [6.07, 6.45) is 6.66. The van der Waals surface area contributed by atoms with Gasteiger partial charge in [-0.3, -0.25) is 9.47 Å². The first-order valence-electron chi connectivity index (χ1n) is 13.7. The van der Waals surface area contributed by atoms with E-state index in [1.165, 1.54) is 17.5 Å². The van der Waals surface area contributed by atoms with Crippen molar-refractivity contribution in [1.82, 2.24) is 14.4 Å². The highest BCUT2D eigenvalue weighted by Gasteiger charge is 2.56. The van der Waals surface area contributed by atoms with Gasteiger partial charge in [0.1, 0.15) is 0 Å². The Balaban J connectivity index is 0.991. The first-order valence-corrected chi connectivity index (χ1v) is 14.1. The van der Waals surface area contributed by atoms with Gasteiger partial charge >= 0.3 is 0 Å². The first kappa shape index (κ1) is 23.4. The maximum Gasteiger partial charge on any atom is 0.198 e. The molecule has 5 aliphatic rings. The molecule has 0 spiro atoms. The van der Waals surface area contributed by atoms with Gasteiger partial charge in [-0.25, -0.2) is 0 Å². The van der Waals surface area contributed by atoms with Crippen molar-refractivity contribution in [2.24, 2.45) is 11.8 Å². The van der Waals surface area contributed by atoms with Crippen molar-refractivity contribution in [3.8, 4) is 11.8 Å².